The van der Waals surface area contributed by atoms with E-state index in [1.54, 1.807) is 0 Å². The molecule has 3 atom stereocenters. The minimum atomic E-state index is 0.0477. The van der Waals surface area contributed by atoms with Crippen LogP contribution in [0, 0.1) is 11.3 Å². The third-order valence-corrected chi connectivity index (χ3v) is 8.11. The van der Waals surface area contributed by atoms with Crippen LogP contribution in [0.25, 0.3) is 0 Å². The lowest BCUT2D eigenvalue weighted by atomic mass is 9.77. The molecule has 1 aromatic carbocycles. The molecule has 4 aliphatic heterocycles. The van der Waals surface area contributed by atoms with Gasteiger partial charge >= 0.3 is 0 Å². The molecule has 2 N–H and O–H groups in total. The summed E-state index contributed by atoms with van der Waals surface area (Å²) in [5.41, 5.74) is 1.77. The van der Waals surface area contributed by atoms with Crippen LogP contribution in [0.5, 0.6) is 0 Å². The molecule has 4 fully saturated rings. The number of hydrogen-bond donors (Lipinski definition) is 2. The van der Waals surface area contributed by atoms with Crippen molar-refractivity contribution in [3.05, 3.63) is 35.9 Å². The van der Waals surface area contributed by atoms with Crippen LogP contribution in [0.2, 0.25) is 0 Å². The van der Waals surface area contributed by atoms with E-state index in [9.17, 15) is 4.79 Å². The first-order valence-corrected chi connectivity index (χ1v) is 11.7. The van der Waals surface area contributed by atoms with Gasteiger partial charge < -0.3 is 20.4 Å². The van der Waals surface area contributed by atoms with Gasteiger partial charge in [-0.15, -0.1) is 0 Å². The molecule has 0 radical (unpaired) electrons. The van der Waals surface area contributed by atoms with Crippen molar-refractivity contribution in [1.82, 2.24) is 20.4 Å². The highest BCUT2D eigenvalue weighted by Gasteiger charge is 2.47. The average Bonchev–Trinajstić information content (AvgIpc) is 3.37. The zero-order valence-electron chi connectivity index (χ0n) is 17.6. The van der Waals surface area contributed by atoms with Crippen LogP contribution in [0.1, 0.15) is 37.7 Å². The largest absolute Gasteiger partial charge is 0.337 e. The molecule has 29 heavy (non-hydrogen) atoms. The van der Waals surface area contributed by atoms with Crippen LogP contribution in [0.3, 0.4) is 0 Å². The van der Waals surface area contributed by atoms with Gasteiger partial charge in [0.15, 0.2) is 0 Å². The lowest BCUT2D eigenvalue weighted by molar-refractivity contribution is -0.135. The van der Waals surface area contributed by atoms with E-state index in [0.717, 1.165) is 52.1 Å². The maximum absolute atomic E-state index is 13.4. The maximum Gasteiger partial charge on any atom is 0.240 e. The molecule has 4 heterocycles. The Labute approximate surface area is 175 Å². The third-order valence-electron chi connectivity index (χ3n) is 8.11. The number of likely N-dealkylation sites (tertiary alicyclic amines) is 2. The third kappa shape index (κ3) is 4.10. The molecule has 1 spiro atoms. The second-order valence-electron chi connectivity index (χ2n) is 9.86. The summed E-state index contributed by atoms with van der Waals surface area (Å²) in [4.78, 5) is 18.3. The Kier molecular flexibility index (Phi) is 5.63. The number of benzene rings is 1. The molecule has 0 aromatic heterocycles. The molecule has 3 unspecified atom stereocenters. The van der Waals surface area contributed by atoms with Gasteiger partial charge in [-0.05, 0) is 75.1 Å². The molecule has 5 rings (SSSR count). The lowest BCUT2D eigenvalue weighted by Gasteiger charge is -2.39. The fourth-order valence-electron chi connectivity index (χ4n) is 6.24. The lowest BCUT2D eigenvalue weighted by Crippen LogP contribution is -2.53. The topological polar surface area (TPSA) is 47.6 Å². The molecule has 0 saturated carbocycles. The molecular formula is C24H36N4O. The summed E-state index contributed by atoms with van der Waals surface area (Å²) in [6.45, 7) is 7.55. The number of carbonyl (C=O) groups excluding carboxylic acids is 1. The highest BCUT2D eigenvalue weighted by Crippen LogP contribution is 2.39. The zero-order valence-corrected chi connectivity index (χ0v) is 17.6. The number of rotatable bonds is 4. The van der Waals surface area contributed by atoms with Crippen molar-refractivity contribution >= 4 is 5.91 Å². The van der Waals surface area contributed by atoms with Crippen LogP contribution < -0.4 is 10.6 Å². The van der Waals surface area contributed by atoms with E-state index in [1.165, 1.54) is 37.8 Å². The Balaban J connectivity index is 1.18. The first-order valence-electron chi connectivity index (χ1n) is 11.7. The summed E-state index contributed by atoms with van der Waals surface area (Å²) in [6.07, 6.45) is 7.01. The van der Waals surface area contributed by atoms with E-state index < -0.39 is 0 Å². The zero-order chi connectivity index (χ0) is 19.7. The monoisotopic (exact) mass is 396 g/mol. The van der Waals surface area contributed by atoms with Crippen molar-refractivity contribution in [3.8, 4) is 0 Å². The van der Waals surface area contributed by atoms with E-state index >= 15 is 0 Å². The highest BCUT2D eigenvalue weighted by atomic mass is 16.2. The fourth-order valence-corrected chi connectivity index (χ4v) is 6.24. The summed E-state index contributed by atoms with van der Waals surface area (Å²) in [5.74, 6) is 1.10. The Morgan fingerprint density at radius 3 is 2.72 bits per heavy atom. The van der Waals surface area contributed by atoms with Crippen molar-refractivity contribution in [1.29, 1.82) is 0 Å². The molecule has 5 nitrogen and oxygen atoms in total. The summed E-state index contributed by atoms with van der Waals surface area (Å²) < 4.78 is 0. The molecule has 4 aliphatic rings. The molecular weight excluding hydrogens is 360 g/mol. The van der Waals surface area contributed by atoms with Crippen LogP contribution in [0.4, 0.5) is 0 Å². The van der Waals surface area contributed by atoms with Gasteiger partial charge in [0.2, 0.25) is 5.91 Å². The molecule has 5 heteroatoms. The smallest absolute Gasteiger partial charge is 0.240 e. The number of hydrogen-bond acceptors (Lipinski definition) is 4. The minimum absolute atomic E-state index is 0.0477. The normalized spacial score (nSPS) is 31.9. The Morgan fingerprint density at radius 1 is 1.10 bits per heavy atom. The second-order valence-corrected chi connectivity index (χ2v) is 9.86. The molecule has 158 valence electrons. The molecule has 1 aromatic rings. The number of fused-ring (bicyclic) bond motifs is 1. The number of nitrogens with zero attached hydrogens (tertiary/aromatic N) is 2. The van der Waals surface area contributed by atoms with Crippen LogP contribution in [-0.2, 0) is 11.2 Å². The number of amides is 1. The number of nitrogens with one attached hydrogen (secondary N) is 2. The van der Waals surface area contributed by atoms with Crippen molar-refractivity contribution in [2.75, 3.05) is 45.8 Å². The van der Waals surface area contributed by atoms with E-state index in [1.807, 2.05) is 0 Å². The predicted molar refractivity (Wildman–Crippen MR) is 116 cm³/mol. The minimum Gasteiger partial charge on any atom is -0.337 e. The van der Waals surface area contributed by atoms with Crippen molar-refractivity contribution in [3.63, 3.8) is 0 Å². The van der Waals surface area contributed by atoms with E-state index in [4.69, 9.17) is 0 Å². The van der Waals surface area contributed by atoms with Gasteiger partial charge in [0.05, 0.1) is 6.04 Å². The van der Waals surface area contributed by atoms with Gasteiger partial charge in [-0.3, -0.25) is 4.79 Å². The first kappa shape index (κ1) is 19.5. The number of piperidine rings is 2. The van der Waals surface area contributed by atoms with Crippen molar-refractivity contribution < 1.29 is 4.79 Å². The van der Waals surface area contributed by atoms with Crippen LogP contribution in [-0.4, -0.2) is 73.6 Å². The Bertz CT molecular complexity index is 702. The van der Waals surface area contributed by atoms with E-state index in [0.29, 0.717) is 23.3 Å². The number of carbonyl (C=O) groups is 1. The Hall–Kier alpha value is -1.43. The summed E-state index contributed by atoms with van der Waals surface area (Å²) in [7, 11) is 0. The molecule has 1 amide bonds. The summed E-state index contributed by atoms with van der Waals surface area (Å²) in [5, 5.41) is 7.09. The quantitative estimate of drug-likeness (QED) is 0.816. The second kappa shape index (κ2) is 8.37. The first-order chi connectivity index (χ1) is 14.2. The molecule has 0 bridgehead atoms. The van der Waals surface area contributed by atoms with Crippen molar-refractivity contribution in [2.45, 2.75) is 50.6 Å². The standard InChI is InChI=1S/C24H36N4O/c29-23(21-16-24(18-26-21)9-11-25-12-10-24)28-15-8-20-7-14-27(17-22(20)28)13-6-19-4-2-1-3-5-19/h1-5,20-22,25-26H,6-18H2. The fraction of sp³-hybridized carbons (Fsp3) is 0.708. The maximum atomic E-state index is 13.4. The SMILES string of the molecule is O=C(C1CC2(CCNCC2)CN1)N1CCC2CCN(CCc3ccccc3)CC21. The van der Waals surface area contributed by atoms with E-state index in [-0.39, 0.29) is 6.04 Å². The van der Waals surface area contributed by atoms with Crippen LogP contribution >= 0.6 is 0 Å². The van der Waals surface area contributed by atoms with Gasteiger partial charge in [0, 0.05) is 32.2 Å². The molecule has 0 aliphatic carbocycles. The van der Waals surface area contributed by atoms with Crippen LogP contribution in [0.15, 0.2) is 30.3 Å². The average molecular weight is 397 g/mol. The van der Waals surface area contributed by atoms with Gasteiger partial charge in [0.1, 0.15) is 0 Å². The summed E-state index contributed by atoms with van der Waals surface area (Å²) in [6, 6.07) is 11.3. The Morgan fingerprint density at radius 2 is 1.90 bits per heavy atom. The van der Waals surface area contributed by atoms with Crippen molar-refractivity contribution in [2.24, 2.45) is 11.3 Å². The predicted octanol–water partition coefficient (Wildman–Crippen LogP) is 1.88. The van der Waals surface area contributed by atoms with E-state index in [2.05, 4.69) is 50.8 Å². The van der Waals surface area contributed by atoms with Gasteiger partial charge in [-0.2, -0.15) is 0 Å². The van der Waals surface area contributed by atoms with Gasteiger partial charge in [-0.25, -0.2) is 0 Å². The molecule has 4 saturated heterocycles. The summed E-state index contributed by atoms with van der Waals surface area (Å²) >= 11 is 0. The van der Waals surface area contributed by atoms with Gasteiger partial charge in [0.25, 0.3) is 0 Å². The highest BCUT2D eigenvalue weighted by molar-refractivity contribution is 5.83. The van der Waals surface area contributed by atoms with Gasteiger partial charge in [-0.1, -0.05) is 30.3 Å².